The monoisotopic (exact) mass is 206 g/mol. The predicted octanol–water partition coefficient (Wildman–Crippen LogP) is 0.405. The van der Waals surface area contributed by atoms with Crippen molar-refractivity contribution in [2.75, 3.05) is 0 Å². The molecule has 4 heteroatoms. The van der Waals surface area contributed by atoms with Crippen molar-refractivity contribution >= 4 is 11.8 Å². The molecule has 0 heterocycles. The Balaban J connectivity index is 2.69. The number of amides is 2. The molecule has 2 amide bonds. The predicted molar refractivity (Wildman–Crippen MR) is 57.0 cm³/mol. The molecule has 4 nitrogen and oxygen atoms in total. The van der Waals surface area contributed by atoms with Gasteiger partial charge in [0.1, 0.15) is 0 Å². The molecule has 0 radical (unpaired) electrons. The highest BCUT2D eigenvalue weighted by Gasteiger charge is 2.08. The molecule has 0 aromatic heterocycles. The fraction of sp³-hybridized carbons (Fsp3) is 0.273. The molecule has 0 aliphatic heterocycles. The summed E-state index contributed by atoms with van der Waals surface area (Å²) in [5, 5.41) is 2.45. The molecule has 0 aliphatic carbocycles. The summed E-state index contributed by atoms with van der Waals surface area (Å²) in [5.41, 5.74) is 8.00. The minimum atomic E-state index is -0.958. The molecule has 1 rings (SSSR count). The second-order valence-corrected chi connectivity index (χ2v) is 3.48. The highest BCUT2D eigenvalue weighted by molar-refractivity contribution is 6.34. The van der Waals surface area contributed by atoms with Crippen molar-refractivity contribution in [3.8, 4) is 0 Å². The van der Waals surface area contributed by atoms with Crippen molar-refractivity contribution in [1.29, 1.82) is 0 Å². The van der Waals surface area contributed by atoms with Crippen molar-refractivity contribution in [3.63, 3.8) is 0 Å². The van der Waals surface area contributed by atoms with E-state index in [1.165, 1.54) is 0 Å². The average molecular weight is 206 g/mol. The molecule has 0 saturated heterocycles. The van der Waals surface area contributed by atoms with Gasteiger partial charge in [-0.3, -0.25) is 9.59 Å². The van der Waals surface area contributed by atoms with E-state index >= 15 is 0 Å². The van der Waals surface area contributed by atoms with Crippen molar-refractivity contribution in [2.24, 2.45) is 5.73 Å². The molecule has 0 spiro atoms. The van der Waals surface area contributed by atoms with Gasteiger partial charge in [0.2, 0.25) is 0 Å². The Morgan fingerprint density at radius 3 is 2.60 bits per heavy atom. The lowest BCUT2D eigenvalue weighted by molar-refractivity contribution is -0.137. The third kappa shape index (κ3) is 3.09. The van der Waals surface area contributed by atoms with Gasteiger partial charge in [0, 0.05) is 6.54 Å². The molecule has 3 N–H and O–H groups in total. The van der Waals surface area contributed by atoms with E-state index in [9.17, 15) is 9.59 Å². The summed E-state index contributed by atoms with van der Waals surface area (Å²) in [7, 11) is 0. The Hall–Kier alpha value is -1.84. The van der Waals surface area contributed by atoms with Gasteiger partial charge in [-0.25, -0.2) is 0 Å². The molecule has 80 valence electrons. The van der Waals surface area contributed by atoms with Crippen LogP contribution in [0.3, 0.4) is 0 Å². The third-order valence-corrected chi connectivity index (χ3v) is 2.17. The van der Waals surface area contributed by atoms with Crippen LogP contribution >= 0.6 is 0 Å². The van der Waals surface area contributed by atoms with Gasteiger partial charge in [-0.05, 0) is 25.0 Å². The Kier molecular flexibility index (Phi) is 3.44. The molecule has 0 unspecified atom stereocenters. The summed E-state index contributed by atoms with van der Waals surface area (Å²) < 4.78 is 0. The summed E-state index contributed by atoms with van der Waals surface area (Å²) in [6.07, 6.45) is 0. The molecule has 0 aliphatic rings. The summed E-state index contributed by atoms with van der Waals surface area (Å²) in [6, 6.07) is 5.94. The van der Waals surface area contributed by atoms with Crippen LogP contribution in [0, 0.1) is 13.8 Å². The fourth-order valence-corrected chi connectivity index (χ4v) is 1.25. The highest BCUT2D eigenvalue weighted by Crippen LogP contribution is 2.09. The number of primary amides is 1. The van der Waals surface area contributed by atoms with Crippen LogP contribution in [0.1, 0.15) is 16.7 Å². The van der Waals surface area contributed by atoms with Crippen molar-refractivity contribution in [3.05, 3.63) is 34.9 Å². The maximum absolute atomic E-state index is 10.9. The van der Waals surface area contributed by atoms with Crippen molar-refractivity contribution < 1.29 is 9.59 Å². The standard InChI is InChI=1S/C11H14N2O2/c1-7-3-4-8(2)9(5-7)6-13-11(15)10(12)14/h3-5H,6H2,1-2H3,(H2,12,14)(H,13,15). The first-order valence-electron chi connectivity index (χ1n) is 4.64. The fourth-order valence-electron chi connectivity index (χ4n) is 1.25. The van der Waals surface area contributed by atoms with Gasteiger partial charge in [0.15, 0.2) is 0 Å². The molecule has 0 atom stereocenters. The number of carbonyl (C=O) groups excluding carboxylic acids is 2. The normalized spacial score (nSPS) is 9.73. The van der Waals surface area contributed by atoms with Gasteiger partial charge in [0.05, 0.1) is 0 Å². The van der Waals surface area contributed by atoms with E-state index in [-0.39, 0.29) is 0 Å². The quantitative estimate of drug-likeness (QED) is 0.688. The largest absolute Gasteiger partial charge is 0.361 e. The van der Waals surface area contributed by atoms with Crippen LogP contribution in [0.25, 0.3) is 0 Å². The van der Waals surface area contributed by atoms with E-state index in [2.05, 4.69) is 5.32 Å². The third-order valence-electron chi connectivity index (χ3n) is 2.17. The first-order valence-corrected chi connectivity index (χ1v) is 4.64. The minimum absolute atomic E-state index is 0.329. The molecular formula is C11H14N2O2. The Morgan fingerprint density at radius 1 is 1.33 bits per heavy atom. The van der Waals surface area contributed by atoms with Gasteiger partial charge < -0.3 is 11.1 Å². The summed E-state index contributed by atoms with van der Waals surface area (Å²) in [4.78, 5) is 21.4. The minimum Gasteiger partial charge on any atom is -0.361 e. The number of nitrogens with one attached hydrogen (secondary N) is 1. The summed E-state index contributed by atoms with van der Waals surface area (Å²) in [5.74, 6) is -1.71. The zero-order valence-electron chi connectivity index (χ0n) is 8.83. The zero-order valence-corrected chi connectivity index (χ0v) is 8.83. The van der Waals surface area contributed by atoms with Crippen LogP contribution in [0.5, 0.6) is 0 Å². The Morgan fingerprint density at radius 2 is 2.00 bits per heavy atom. The van der Waals surface area contributed by atoms with E-state index in [0.29, 0.717) is 6.54 Å². The highest BCUT2D eigenvalue weighted by atomic mass is 16.2. The molecule has 0 saturated carbocycles. The van der Waals surface area contributed by atoms with Crippen LogP contribution < -0.4 is 11.1 Å². The molecular weight excluding hydrogens is 192 g/mol. The molecule has 0 bridgehead atoms. The maximum atomic E-state index is 10.9. The smallest absolute Gasteiger partial charge is 0.309 e. The number of carbonyl (C=O) groups is 2. The van der Waals surface area contributed by atoms with Gasteiger partial charge in [-0.15, -0.1) is 0 Å². The van der Waals surface area contributed by atoms with E-state index in [1.54, 1.807) is 0 Å². The second kappa shape index (κ2) is 4.59. The maximum Gasteiger partial charge on any atom is 0.309 e. The molecule has 0 fully saturated rings. The molecule has 1 aromatic carbocycles. The first-order chi connectivity index (χ1) is 7.00. The van der Waals surface area contributed by atoms with Gasteiger partial charge in [-0.1, -0.05) is 23.8 Å². The van der Waals surface area contributed by atoms with Crippen LogP contribution in [0.4, 0.5) is 0 Å². The zero-order chi connectivity index (χ0) is 11.4. The van der Waals surface area contributed by atoms with Gasteiger partial charge in [-0.2, -0.15) is 0 Å². The number of aryl methyl sites for hydroxylation is 2. The number of rotatable bonds is 2. The Labute approximate surface area is 88.5 Å². The van der Waals surface area contributed by atoms with Crippen molar-refractivity contribution in [2.45, 2.75) is 20.4 Å². The van der Waals surface area contributed by atoms with E-state index in [4.69, 9.17) is 5.73 Å². The molecule has 1 aromatic rings. The number of benzene rings is 1. The Bertz CT molecular complexity index is 400. The second-order valence-electron chi connectivity index (χ2n) is 3.48. The van der Waals surface area contributed by atoms with Crippen LogP contribution in [-0.2, 0) is 16.1 Å². The summed E-state index contributed by atoms with van der Waals surface area (Å²) >= 11 is 0. The van der Waals surface area contributed by atoms with E-state index in [1.807, 2.05) is 32.0 Å². The number of nitrogens with two attached hydrogens (primary N) is 1. The topological polar surface area (TPSA) is 72.2 Å². The SMILES string of the molecule is Cc1ccc(C)c(CNC(=O)C(N)=O)c1. The van der Waals surface area contributed by atoms with E-state index in [0.717, 1.165) is 16.7 Å². The lowest BCUT2D eigenvalue weighted by atomic mass is 10.1. The number of hydrogen-bond donors (Lipinski definition) is 2. The molecule has 15 heavy (non-hydrogen) atoms. The van der Waals surface area contributed by atoms with E-state index < -0.39 is 11.8 Å². The van der Waals surface area contributed by atoms with Crippen LogP contribution in [0.15, 0.2) is 18.2 Å². The first kappa shape index (κ1) is 11.2. The lowest BCUT2D eigenvalue weighted by Crippen LogP contribution is -2.35. The lowest BCUT2D eigenvalue weighted by Gasteiger charge is -2.07. The van der Waals surface area contributed by atoms with Crippen molar-refractivity contribution in [1.82, 2.24) is 5.32 Å². The summed E-state index contributed by atoms with van der Waals surface area (Å²) in [6.45, 7) is 4.25. The van der Waals surface area contributed by atoms with Gasteiger partial charge >= 0.3 is 11.8 Å². The van der Waals surface area contributed by atoms with Crippen LogP contribution in [-0.4, -0.2) is 11.8 Å². The van der Waals surface area contributed by atoms with Gasteiger partial charge in [0.25, 0.3) is 0 Å². The van der Waals surface area contributed by atoms with Crippen LogP contribution in [0.2, 0.25) is 0 Å². The number of hydrogen-bond acceptors (Lipinski definition) is 2. The average Bonchev–Trinajstić information content (AvgIpc) is 2.18.